The zero-order valence-corrected chi connectivity index (χ0v) is 47.2. The second-order valence-corrected chi connectivity index (χ2v) is 25.1. The van der Waals surface area contributed by atoms with E-state index in [1.165, 1.54) is 24.3 Å². The first-order valence-electron chi connectivity index (χ1n) is 24.8. The number of hydrogen-bond acceptors (Lipinski definition) is 8. The van der Waals surface area contributed by atoms with Crippen LogP contribution >= 0.6 is 47.0 Å². The van der Waals surface area contributed by atoms with Crippen LogP contribution in [0.4, 0.5) is 61.5 Å². The summed E-state index contributed by atoms with van der Waals surface area (Å²) in [6, 6.07) is 27.2. The normalized spacial score (nSPS) is 13.4. The van der Waals surface area contributed by atoms with Gasteiger partial charge in [-0.15, -0.1) is 0 Å². The molecule has 0 amide bonds. The van der Waals surface area contributed by atoms with Crippen molar-refractivity contribution in [3.8, 4) is 0 Å². The molecule has 0 unspecified atom stereocenters. The Labute approximate surface area is 475 Å². The summed E-state index contributed by atoms with van der Waals surface area (Å²) in [6.07, 6.45) is -13.5. The fourth-order valence-corrected chi connectivity index (χ4v) is 15.2. The average molecular weight is 1210 g/mol. The summed E-state index contributed by atoms with van der Waals surface area (Å²) in [7, 11) is 0. The maximum Gasteiger partial charge on any atom is 0.460 e. The summed E-state index contributed by atoms with van der Waals surface area (Å²) in [5, 5.41) is 1.38. The zero-order chi connectivity index (χ0) is 59.3. The molecule has 0 aliphatic heterocycles. The van der Waals surface area contributed by atoms with Gasteiger partial charge in [-0.1, -0.05) is 71.3 Å². The van der Waals surface area contributed by atoms with Gasteiger partial charge in [0.15, 0.2) is 0 Å². The predicted molar refractivity (Wildman–Crippen MR) is 295 cm³/mol. The van der Waals surface area contributed by atoms with Gasteiger partial charge < -0.3 is 0 Å². The molecule has 0 fully saturated rings. The molecular weight excluding hydrogens is 1170 g/mol. The van der Waals surface area contributed by atoms with Gasteiger partial charge in [-0.25, -0.2) is 19.9 Å². The van der Waals surface area contributed by atoms with E-state index in [0.717, 1.165) is 91.6 Å². The second-order valence-electron chi connectivity index (χ2n) is 20.7. The van der Waals surface area contributed by atoms with Crippen LogP contribution in [0.15, 0.2) is 136 Å². The van der Waals surface area contributed by atoms with Gasteiger partial charge in [0.2, 0.25) is 11.6 Å². The molecule has 82 heavy (non-hydrogen) atoms. The number of benzene rings is 9. The summed E-state index contributed by atoms with van der Waals surface area (Å²) < 4.78 is 212. The maximum absolute atomic E-state index is 16.4. The number of hydrogen-bond donors (Lipinski definition) is 0. The molecule has 2 heterocycles. The van der Waals surface area contributed by atoms with Crippen molar-refractivity contribution < 1.29 is 61.5 Å². The van der Waals surface area contributed by atoms with Gasteiger partial charge in [0.05, 0.1) is 22.1 Å². The van der Waals surface area contributed by atoms with E-state index in [1.807, 2.05) is 24.3 Å². The average Bonchev–Trinajstić information content (AvgIpc) is 0.764. The van der Waals surface area contributed by atoms with E-state index >= 15 is 35.1 Å². The lowest BCUT2D eigenvalue weighted by Crippen LogP contribution is -2.50. The van der Waals surface area contributed by atoms with Crippen LogP contribution < -0.4 is 0 Å². The van der Waals surface area contributed by atoms with Gasteiger partial charge in [0, 0.05) is 60.7 Å². The highest BCUT2D eigenvalue weighted by atomic mass is 32.2. The number of fused-ring (bicyclic) bond motifs is 2. The van der Waals surface area contributed by atoms with Crippen LogP contribution in [-0.4, -0.2) is 44.1 Å². The number of aryl methyl sites for hydroxylation is 8. The highest BCUT2D eigenvalue weighted by molar-refractivity contribution is 8.00. The minimum Gasteiger partial charge on any atom is -0.225 e. The maximum atomic E-state index is 16.4. The van der Waals surface area contributed by atoms with Crippen molar-refractivity contribution >= 4 is 112 Å². The van der Waals surface area contributed by atoms with Crippen LogP contribution in [0.5, 0.6) is 0 Å². The Bertz CT molecular complexity index is 3850. The molecule has 0 saturated heterocycles. The first-order valence-corrected chi connectivity index (χ1v) is 28.1. The summed E-state index contributed by atoms with van der Waals surface area (Å²) in [4.78, 5) is 17.8. The lowest BCUT2D eigenvalue weighted by Gasteiger charge is -2.28. The van der Waals surface area contributed by atoms with Crippen LogP contribution in [0.2, 0.25) is 0 Å². The van der Waals surface area contributed by atoms with Gasteiger partial charge in [-0.2, -0.15) is 61.5 Å². The Morgan fingerprint density at radius 2 is 0.463 bits per heavy atom. The molecule has 22 heteroatoms. The fraction of sp³-hybridized carbons (Fsp3) is 0.233. The van der Waals surface area contributed by atoms with Crippen molar-refractivity contribution in [1.82, 2.24) is 19.9 Å². The molecule has 9 aromatic carbocycles. The zero-order valence-electron chi connectivity index (χ0n) is 44.0. The van der Waals surface area contributed by atoms with Crippen molar-refractivity contribution in [1.29, 1.82) is 0 Å². The third kappa shape index (κ3) is 9.56. The molecule has 11 aromatic rings. The number of rotatable bonds is 12. The molecule has 0 radical (unpaired) electrons. The number of alkyl halides is 14. The Morgan fingerprint density at radius 3 is 0.646 bits per heavy atom. The molecule has 11 rings (SSSR count). The minimum absolute atomic E-state index is 0.0238. The van der Waals surface area contributed by atoms with Crippen molar-refractivity contribution in [2.75, 3.05) is 0 Å². The fourth-order valence-electron chi connectivity index (χ4n) is 10.6. The molecule has 0 bridgehead atoms. The standard InChI is InChI=1S/C60H40F14N4S4/c1-25-9-26(2)14-33(13-25)79-41-21-37-38-22-43(81-35-17-29(5)11-30(6)18-35)51-48-46(38)40(24-44(82-36-19-31(7)12-32(8)20-36)52(48)78-54(77-51)56(63,64)58(67,68)60(72,73)74)39-23-42(80-34-15-27(3)10-28(4)16-34)50-47(45(37)39)49(41)75-53(76-50)55(61,62)57(65,66)59(69,70)71/h9-24H,1-8H3. The van der Waals surface area contributed by atoms with Gasteiger partial charge in [-0.3, -0.25) is 0 Å². The van der Waals surface area contributed by atoms with Crippen molar-refractivity contribution in [2.24, 2.45) is 0 Å². The quantitative estimate of drug-likeness (QED) is 0.0681. The van der Waals surface area contributed by atoms with E-state index in [0.29, 0.717) is 19.6 Å². The second kappa shape index (κ2) is 19.6. The van der Waals surface area contributed by atoms with Crippen molar-refractivity contribution in [3.05, 3.63) is 153 Å². The van der Waals surface area contributed by atoms with Crippen molar-refractivity contribution in [2.45, 2.75) is 131 Å². The van der Waals surface area contributed by atoms with E-state index in [1.54, 1.807) is 104 Å². The monoisotopic (exact) mass is 1210 g/mol. The Balaban J connectivity index is 1.38. The molecule has 0 spiro atoms. The Morgan fingerprint density at radius 1 is 0.268 bits per heavy atom. The largest absolute Gasteiger partial charge is 0.460 e. The van der Waals surface area contributed by atoms with E-state index in [2.05, 4.69) is 19.9 Å². The third-order valence-electron chi connectivity index (χ3n) is 13.8. The Hall–Kier alpha value is -6.36. The lowest BCUT2D eigenvalue weighted by atomic mass is 9.88. The smallest absolute Gasteiger partial charge is 0.225 e. The van der Waals surface area contributed by atoms with Crippen LogP contribution in [-0.2, 0) is 11.8 Å². The van der Waals surface area contributed by atoms with Gasteiger partial charge in [-0.05, 0) is 194 Å². The Kier molecular flexibility index (Phi) is 13.7. The van der Waals surface area contributed by atoms with Crippen LogP contribution in [0.1, 0.15) is 56.2 Å². The summed E-state index contributed by atoms with van der Waals surface area (Å²) in [5.74, 6) is -29.7. The molecular formula is C60H40F14N4S4. The third-order valence-corrected chi connectivity index (χ3v) is 17.8. The first-order chi connectivity index (χ1) is 38.1. The van der Waals surface area contributed by atoms with Gasteiger partial charge in [0.1, 0.15) is 0 Å². The van der Waals surface area contributed by atoms with Crippen molar-refractivity contribution in [3.63, 3.8) is 0 Å². The number of aromatic nitrogens is 4. The molecule has 2 aromatic heterocycles. The van der Waals surface area contributed by atoms with Crippen LogP contribution in [0.25, 0.3) is 65.2 Å². The van der Waals surface area contributed by atoms with Crippen LogP contribution in [0.3, 0.4) is 0 Å². The van der Waals surface area contributed by atoms with E-state index in [-0.39, 0.29) is 62.7 Å². The predicted octanol–water partition coefficient (Wildman–Crippen LogP) is 20.7. The summed E-state index contributed by atoms with van der Waals surface area (Å²) in [5.41, 5.74) is 4.20. The van der Waals surface area contributed by atoms with Gasteiger partial charge >= 0.3 is 36.0 Å². The highest BCUT2D eigenvalue weighted by Crippen LogP contribution is 2.57. The SMILES string of the molecule is Cc1cc(C)cc(Sc2cc3c4cc(Sc5cc(C)cc(C)c5)c5nc(C(F)(F)C(F)(F)C(F)(F)F)nc6c(Sc7cc(C)cc(C)c7)cc(c7cc(Sc8cc(C)cc(C)c8)c8nc(C(F)(F)C(F)(F)C(F)(F)F)nc2c8c37)c4c56)c1. The van der Waals surface area contributed by atoms with Crippen LogP contribution in [0, 0.1) is 55.4 Å². The molecule has 4 nitrogen and oxygen atoms in total. The van der Waals surface area contributed by atoms with E-state index in [4.69, 9.17) is 0 Å². The highest BCUT2D eigenvalue weighted by Gasteiger charge is 2.76. The summed E-state index contributed by atoms with van der Waals surface area (Å²) >= 11 is 3.74. The molecule has 0 aliphatic rings. The van der Waals surface area contributed by atoms with E-state index in [9.17, 15) is 26.3 Å². The van der Waals surface area contributed by atoms with E-state index < -0.39 is 69.8 Å². The molecule has 0 atom stereocenters. The lowest BCUT2D eigenvalue weighted by molar-refractivity contribution is -0.361. The number of nitrogens with zero attached hydrogens (tertiary/aromatic N) is 4. The molecule has 0 saturated carbocycles. The summed E-state index contributed by atoms with van der Waals surface area (Å²) in [6.45, 7) is 14.2. The van der Waals surface area contributed by atoms with Gasteiger partial charge in [0.25, 0.3) is 0 Å². The molecule has 0 N–H and O–H groups in total. The topological polar surface area (TPSA) is 51.6 Å². The first kappa shape index (κ1) is 57.5. The number of halogens is 14. The minimum atomic E-state index is -6.76. The molecule has 0 aliphatic carbocycles. The molecule has 422 valence electrons.